The van der Waals surface area contributed by atoms with E-state index >= 15 is 0 Å². The number of benzene rings is 2. The first-order valence-corrected chi connectivity index (χ1v) is 6.00. The van der Waals surface area contributed by atoms with Gasteiger partial charge in [0.25, 0.3) is 0 Å². The maximum atomic E-state index is 13.3. The van der Waals surface area contributed by atoms with Crippen molar-refractivity contribution in [3.8, 4) is 11.5 Å². The predicted octanol–water partition coefficient (Wildman–Crippen LogP) is 4.04. The second-order valence-corrected chi connectivity index (χ2v) is 4.25. The average Bonchev–Trinajstić information content (AvgIpc) is 2.40. The van der Waals surface area contributed by atoms with Crippen molar-refractivity contribution in [2.24, 2.45) is 0 Å². The van der Waals surface area contributed by atoms with E-state index in [1.807, 2.05) is 6.92 Å². The molecule has 1 N–H and O–H groups in total. The van der Waals surface area contributed by atoms with Crippen molar-refractivity contribution in [3.63, 3.8) is 0 Å². The first kappa shape index (κ1) is 13.5. The summed E-state index contributed by atoms with van der Waals surface area (Å²) in [6.07, 6.45) is 0. The lowest BCUT2D eigenvalue weighted by atomic mass is 10.1. The van der Waals surface area contributed by atoms with E-state index in [1.54, 1.807) is 25.2 Å². The van der Waals surface area contributed by atoms with Gasteiger partial charge < -0.3 is 10.1 Å². The van der Waals surface area contributed by atoms with Crippen LogP contribution in [0.5, 0.6) is 11.5 Å². The molecule has 2 rings (SSSR count). The van der Waals surface area contributed by atoms with Crippen LogP contribution in [0.2, 0.25) is 0 Å². The first-order chi connectivity index (χ1) is 9.10. The highest BCUT2D eigenvalue weighted by Gasteiger charge is 2.12. The molecule has 0 unspecified atom stereocenters. The molecule has 2 nitrogen and oxygen atoms in total. The van der Waals surface area contributed by atoms with Crippen LogP contribution in [0.3, 0.4) is 0 Å². The summed E-state index contributed by atoms with van der Waals surface area (Å²) in [5, 5.41) is 3.03. The van der Waals surface area contributed by atoms with Crippen LogP contribution in [-0.4, -0.2) is 7.05 Å². The standard InChI is InChI=1S/C15H15F2NO/c1-10(18-2)14-9-12(17)6-7-15(14)19-13-5-3-4-11(16)8-13/h3-10,18H,1-2H3/t10-/m0/s1. The Morgan fingerprint density at radius 3 is 2.47 bits per heavy atom. The summed E-state index contributed by atoms with van der Waals surface area (Å²) in [5.74, 6) is 0.191. The van der Waals surface area contributed by atoms with Gasteiger partial charge in [0.15, 0.2) is 0 Å². The SMILES string of the molecule is CN[C@@H](C)c1cc(F)ccc1Oc1cccc(F)c1. The van der Waals surface area contributed by atoms with Crippen LogP contribution >= 0.6 is 0 Å². The molecular weight excluding hydrogens is 248 g/mol. The van der Waals surface area contributed by atoms with Crippen LogP contribution in [0.4, 0.5) is 8.78 Å². The number of nitrogens with one attached hydrogen (secondary N) is 1. The summed E-state index contributed by atoms with van der Waals surface area (Å²) in [4.78, 5) is 0. The summed E-state index contributed by atoms with van der Waals surface area (Å²) in [6.45, 7) is 1.90. The van der Waals surface area contributed by atoms with E-state index in [2.05, 4.69) is 5.32 Å². The van der Waals surface area contributed by atoms with Gasteiger partial charge in [0.1, 0.15) is 23.1 Å². The molecular formula is C15H15F2NO. The van der Waals surface area contributed by atoms with Gasteiger partial charge in [-0.2, -0.15) is 0 Å². The maximum Gasteiger partial charge on any atom is 0.132 e. The molecule has 0 aromatic heterocycles. The monoisotopic (exact) mass is 263 g/mol. The molecule has 0 aliphatic carbocycles. The van der Waals surface area contributed by atoms with Gasteiger partial charge in [-0.1, -0.05) is 6.07 Å². The molecule has 0 amide bonds. The maximum absolute atomic E-state index is 13.3. The van der Waals surface area contributed by atoms with Gasteiger partial charge in [0, 0.05) is 17.7 Å². The minimum absolute atomic E-state index is 0.0701. The van der Waals surface area contributed by atoms with E-state index in [9.17, 15) is 8.78 Å². The Balaban J connectivity index is 2.34. The van der Waals surface area contributed by atoms with Gasteiger partial charge in [0.2, 0.25) is 0 Å². The number of hydrogen-bond donors (Lipinski definition) is 1. The van der Waals surface area contributed by atoms with Crippen molar-refractivity contribution < 1.29 is 13.5 Å². The van der Waals surface area contributed by atoms with Gasteiger partial charge in [-0.3, -0.25) is 0 Å². The lowest BCUT2D eigenvalue weighted by molar-refractivity contribution is 0.458. The Morgan fingerprint density at radius 1 is 1.05 bits per heavy atom. The Morgan fingerprint density at radius 2 is 1.79 bits per heavy atom. The van der Waals surface area contributed by atoms with Crippen molar-refractivity contribution in [1.82, 2.24) is 5.32 Å². The number of hydrogen-bond acceptors (Lipinski definition) is 2. The molecule has 0 saturated heterocycles. The third-order valence-electron chi connectivity index (χ3n) is 2.90. The second kappa shape index (κ2) is 5.80. The van der Waals surface area contributed by atoms with Gasteiger partial charge in [-0.25, -0.2) is 8.78 Å². The van der Waals surface area contributed by atoms with E-state index in [0.717, 1.165) is 0 Å². The molecule has 2 aromatic rings. The Hall–Kier alpha value is -1.94. The fourth-order valence-corrected chi connectivity index (χ4v) is 1.76. The zero-order valence-corrected chi connectivity index (χ0v) is 10.8. The summed E-state index contributed by atoms with van der Waals surface area (Å²) < 4.78 is 32.0. The molecule has 2 aromatic carbocycles. The summed E-state index contributed by atoms with van der Waals surface area (Å²) in [6, 6.07) is 10.1. The average molecular weight is 263 g/mol. The zero-order valence-electron chi connectivity index (χ0n) is 10.8. The van der Waals surface area contributed by atoms with Crippen LogP contribution in [0.25, 0.3) is 0 Å². The second-order valence-electron chi connectivity index (χ2n) is 4.25. The topological polar surface area (TPSA) is 21.3 Å². The fraction of sp³-hybridized carbons (Fsp3) is 0.200. The number of halogens is 2. The largest absolute Gasteiger partial charge is 0.457 e. The Bertz CT molecular complexity index is 572. The van der Waals surface area contributed by atoms with Crippen LogP contribution < -0.4 is 10.1 Å². The third-order valence-corrected chi connectivity index (χ3v) is 2.90. The van der Waals surface area contributed by atoms with E-state index in [-0.39, 0.29) is 17.7 Å². The van der Waals surface area contributed by atoms with E-state index < -0.39 is 0 Å². The van der Waals surface area contributed by atoms with Crippen LogP contribution in [0, 0.1) is 11.6 Å². The minimum Gasteiger partial charge on any atom is -0.457 e. The zero-order chi connectivity index (χ0) is 13.8. The van der Waals surface area contributed by atoms with Crippen molar-refractivity contribution in [3.05, 3.63) is 59.7 Å². The lowest BCUT2D eigenvalue weighted by Crippen LogP contribution is -2.13. The molecule has 0 fully saturated rings. The van der Waals surface area contributed by atoms with Gasteiger partial charge in [0.05, 0.1) is 0 Å². The highest BCUT2D eigenvalue weighted by molar-refractivity contribution is 5.40. The van der Waals surface area contributed by atoms with E-state index in [0.29, 0.717) is 17.1 Å². The van der Waals surface area contributed by atoms with E-state index in [1.165, 1.54) is 24.3 Å². The van der Waals surface area contributed by atoms with Gasteiger partial charge in [-0.15, -0.1) is 0 Å². The quantitative estimate of drug-likeness (QED) is 0.899. The molecule has 0 spiro atoms. The predicted molar refractivity (Wildman–Crippen MR) is 70.3 cm³/mol. The molecule has 0 heterocycles. The van der Waals surface area contributed by atoms with Crippen LogP contribution in [0.1, 0.15) is 18.5 Å². The highest BCUT2D eigenvalue weighted by atomic mass is 19.1. The number of ether oxygens (including phenoxy) is 1. The molecule has 0 aliphatic heterocycles. The smallest absolute Gasteiger partial charge is 0.132 e. The van der Waals surface area contributed by atoms with Crippen LogP contribution in [-0.2, 0) is 0 Å². The molecule has 0 aliphatic rings. The molecule has 0 saturated carbocycles. The molecule has 19 heavy (non-hydrogen) atoms. The third kappa shape index (κ3) is 3.29. The summed E-state index contributed by atoms with van der Waals surface area (Å²) in [5.41, 5.74) is 0.687. The van der Waals surface area contributed by atoms with Crippen molar-refractivity contribution in [2.45, 2.75) is 13.0 Å². The van der Waals surface area contributed by atoms with Crippen molar-refractivity contribution >= 4 is 0 Å². The van der Waals surface area contributed by atoms with Crippen molar-refractivity contribution in [1.29, 1.82) is 0 Å². The Labute approximate surface area is 111 Å². The molecule has 100 valence electrons. The highest BCUT2D eigenvalue weighted by Crippen LogP contribution is 2.30. The first-order valence-electron chi connectivity index (χ1n) is 6.00. The molecule has 1 atom stereocenters. The molecule has 0 radical (unpaired) electrons. The normalized spacial score (nSPS) is 12.2. The molecule has 4 heteroatoms. The molecule has 0 bridgehead atoms. The fourth-order valence-electron chi connectivity index (χ4n) is 1.76. The van der Waals surface area contributed by atoms with Gasteiger partial charge in [-0.05, 0) is 44.3 Å². The van der Waals surface area contributed by atoms with Gasteiger partial charge >= 0.3 is 0 Å². The minimum atomic E-state index is -0.372. The van der Waals surface area contributed by atoms with Crippen molar-refractivity contribution in [2.75, 3.05) is 7.05 Å². The lowest BCUT2D eigenvalue weighted by Gasteiger charge is -2.16. The summed E-state index contributed by atoms with van der Waals surface area (Å²) in [7, 11) is 1.78. The summed E-state index contributed by atoms with van der Waals surface area (Å²) >= 11 is 0. The Kier molecular flexibility index (Phi) is 4.12. The van der Waals surface area contributed by atoms with E-state index in [4.69, 9.17) is 4.74 Å². The van der Waals surface area contributed by atoms with Crippen LogP contribution in [0.15, 0.2) is 42.5 Å². The number of rotatable bonds is 4.